The molecule has 3 unspecified atom stereocenters. The topological polar surface area (TPSA) is 247 Å². The molecule has 3 heterocycles. The number of hydrogen-bond donors (Lipinski definition) is 6. The van der Waals surface area contributed by atoms with Crippen molar-refractivity contribution >= 4 is 42.3 Å². The van der Waals surface area contributed by atoms with Gasteiger partial charge in [0.1, 0.15) is 38.3 Å². The molecule has 3 aromatic rings. The number of nitrogens with one attached hydrogen (secondary N) is 2. The second-order valence-corrected chi connectivity index (χ2v) is 9.92. The first kappa shape index (κ1) is 26.6. The number of carbonyl (C=O) groups is 2. The van der Waals surface area contributed by atoms with Crippen molar-refractivity contribution in [1.82, 2.24) is 19.5 Å². The molecule has 16 nitrogen and oxygen atoms in total. The number of amides is 2. The van der Waals surface area contributed by atoms with Gasteiger partial charge in [0.2, 0.25) is 0 Å². The quantitative estimate of drug-likeness (QED) is 0.181. The summed E-state index contributed by atoms with van der Waals surface area (Å²) < 4.78 is 23.7. The number of aliphatic hydroxyl groups excluding tert-OH is 2. The van der Waals surface area contributed by atoms with E-state index in [1.54, 1.807) is 30.3 Å². The Hall–Kier alpha value is -3.50. The van der Waals surface area contributed by atoms with E-state index in [0.29, 0.717) is 5.69 Å². The number of urea groups is 1. The van der Waals surface area contributed by atoms with Crippen LogP contribution in [-0.2, 0) is 18.6 Å². The van der Waals surface area contributed by atoms with Crippen molar-refractivity contribution in [3.05, 3.63) is 43.0 Å². The molecule has 2 amide bonds. The second kappa shape index (κ2) is 10.9. The minimum Gasteiger partial charge on any atom is -0.778 e. The highest BCUT2D eigenvalue weighted by Crippen LogP contribution is 2.40. The Balaban J connectivity index is 1.46. The van der Waals surface area contributed by atoms with Crippen LogP contribution in [0, 0.1) is 0 Å². The van der Waals surface area contributed by atoms with Gasteiger partial charge in [-0.25, -0.2) is 19.7 Å². The number of carboxylic acid groups (broad SMARTS) is 1. The van der Waals surface area contributed by atoms with E-state index in [9.17, 15) is 29.3 Å². The minimum absolute atomic E-state index is 0.0622. The second-order valence-electron chi connectivity index (χ2n) is 8.07. The van der Waals surface area contributed by atoms with Crippen LogP contribution < -0.4 is 21.3 Å². The van der Waals surface area contributed by atoms with E-state index >= 15 is 0 Å². The molecule has 0 aliphatic carbocycles. The normalized spacial score (nSPS) is 23.9. The molecule has 1 fully saturated rings. The van der Waals surface area contributed by atoms with Crippen LogP contribution in [0.25, 0.3) is 11.2 Å². The fourth-order valence-electron chi connectivity index (χ4n) is 3.58. The highest BCUT2D eigenvalue weighted by atomic mass is 31.2. The Morgan fingerprint density at radius 3 is 2.62 bits per heavy atom. The highest BCUT2D eigenvalue weighted by Gasteiger charge is 2.45. The lowest BCUT2D eigenvalue weighted by atomic mass is 10.1. The van der Waals surface area contributed by atoms with Crippen molar-refractivity contribution in [3.63, 3.8) is 0 Å². The molecule has 198 valence electrons. The molecule has 37 heavy (non-hydrogen) atoms. The number of aromatic nitrogens is 4. The summed E-state index contributed by atoms with van der Waals surface area (Å²) in [5, 5.41) is 34.9. The van der Waals surface area contributed by atoms with Gasteiger partial charge in [-0.3, -0.25) is 14.7 Å². The maximum Gasteiger partial charge on any atom is 0.324 e. The van der Waals surface area contributed by atoms with Crippen LogP contribution in [0.2, 0.25) is 0 Å². The SMILES string of the molecule is NC(CP(=O)([O-])OC[C@H]1O[C@@H](n2cnc3c(NC(=O)Nc4ccccc4)ncnc32)[C@@H](O)C1O)C(=O)O. The summed E-state index contributed by atoms with van der Waals surface area (Å²) >= 11 is 0. The van der Waals surface area contributed by atoms with Gasteiger partial charge in [0.25, 0.3) is 0 Å². The number of nitrogens with two attached hydrogens (primary N) is 1. The predicted molar refractivity (Wildman–Crippen MR) is 124 cm³/mol. The first-order valence-corrected chi connectivity index (χ1v) is 12.5. The van der Waals surface area contributed by atoms with Crippen LogP contribution in [0.4, 0.5) is 16.3 Å². The number of carbonyl (C=O) groups excluding carboxylic acids is 1. The number of hydrogen-bond acceptors (Lipinski definition) is 12. The minimum atomic E-state index is -4.68. The van der Waals surface area contributed by atoms with Crippen molar-refractivity contribution < 1.29 is 43.6 Å². The molecule has 0 bridgehead atoms. The van der Waals surface area contributed by atoms with Gasteiger partial charge in [0.05, 0.1) is 12.9 Å². The number of ether oxygens (including phenoxy) is 1. The summed E-state index contributed by atoms with van der Waals surface area (Å²) in [5.74, 6) is -1.46. The smallest absolute Gasteiger partial charge is 0.324 e. The molecular formula is C20H23N7O9P-. The molecule has 0 radical (unpaired) electrons. The summed E-state index contributed by atoms with van der Waals surface area (Å²) in [6.07, 6.45) is -4.21. The van der Waals surface area contributed by atoms with Crippen molar-refractivity contribution in [3.8, 4) is 0 Å². The highest BCUT2D eigenvalue weighted by molar-refractivity contribution is 7.51. The number of rotatable bonds is 9. The Labute approximate surface area is 208 Å². The van der Waals surface area contributed by atoms with Crippen LogP contribution in [0.1, 0.15) is 6.23 Å². The summed E-state index contributed by atoms with van der Waals surface area (Å²) in [6.45, 7) is -0.698. The van der Waals surface area contributed by atoms with Gasteiger partial charge in [-0.1, -0.05) is 18.2 Å². The summed E-state index contributed by atoms with van der Waals surface area (Å²) in [5.41, 5.74) is 6.08. The van der Waals surface area contributed by atoms with E-state index in [1.165, 1.54) is 10.9 Å². The molecule has 1 saturated heterocycles. The van der Waals surface area contributed by atoms with Crippen LogP contribution in [0.3, 0.4) is 0 Å². The molecule has 17 heteroatoms. The number of imidazole rings is 1. The van der Waals surface area contributed by atoms with Crippen LogP contribution in [0.15, 0.2) is 43.0 Å². The largest absolute Gasteiger partial charge is 0.778 e. The van der Waals surface area contributed by atoms with Crippen LogP contribution >= 0.6 is 7.60 Å². The van der Waals surface area contributed by atoms with Gasteiger partial charge in [-0.2, -0.15) is 0 Å². The van der Waals surface area contributed by atoms with E-state index in [1.807, 2.05) is 0 Å². The zero-order valence-corrected chi connectivity index (χ0v) is 19.8. The average molecular weight is 536 g/mol. The van der Waals surface area contributed by atoms with Gasteiger partial charge >= 0.3 is 12.0 Å². The molecular weight excluding hydrogens is 513 g/mol. The van der Waals surface area contributed by atoms with Crippen molar-refractivity contribution in [1.29, 1.82) is 0 Å². The molecule has 6 atom stereocenters. The molecule has 7 N–H and O–H groups in total. The molecule has 2 aromatic heterocycles. The van der Waals surface area contributed by atoms with Crippen molar-refractivity contribution in [2.24, 2.45) is 5.73 Å². The third-order valence-electron chi connectivity index (χ3n) is 5.41. The Morgan fingerprint density at radius 2 is 1.92 bits per heavy atom. The number of fused-ring (bicyclic) bond motifs is 1. The maximum atomic E-state index is 12.4. The number of benzene rings is 1. The van der Waals surface area contributed by atoms with Gasteiger partial charge < -0.3 is 45.1 Å². The Bertz CT molecular complexity index is 1320. The Kier molecular flexibility index (Phi) is 7.79. The summed E-state index contributed by atoms with van der Waals surface area (Å²) in [4.78, 5) is 47.5. The first-order valence-electron chi connectivity index (χ1n) is 10.8. The molecule has 1 aromatic carbocycles. The number of carboxylic acids is 1. The van der Waals surface area contributed by atoms with Crippen LogP contribution in [0.5, 0.6) is 0 Å². The van der Waals surface area contributed by atoms with E-state index in [-0.39, 0.29) is 17.0 Å². The number of para-hydroxylation sites is 1. The monoisotopic (exact) mass is 536 g/mol. The van der Waals surface area contributed by atoms with Crippen molar-refractivity contribution in [2.45, 2.75) is 30.6 Å². The van der Waals surface area contributed by atoms with Gasteiger partial charge in [0.15, 0.2) is 23.2 Å². The third-order valence-corrected chi connectivity index (χ3v) is 6.79. The zero-order valence-electron chi connectivity index (χ0n) is 18.9. The van der Waals surface area contributed by atoms with Gasteiger partial charge in [-0.15, -0.1) is 0 Å². The Morgan fingerprint density at radius 1 is 1.19 bits per heavy atom. The lowest BCUT2D eigenvalue weighted by Crippen LogP contribution is -2.37. The van der Waals surface area contributed by atoms with E-state index in [2.05, 4.69) is 25.6 Å². The molecule has 0 spiro atoms. The third kappa shape index (κ3) is 6.08. The predicted octanol–water partition coefficient (Wildman–Crippen LogP) is -0.929. The average Bonchev–Trinajstić information content (AvgIpc) is 3.40. The molecule has 0 saturated carbocycles. The van der Waals surface area contributed by atoms with Crippen molar-refractivity contribution in [2.75, 3.05) is 23.4 Å². The number of aliphatic hydroxyl groups is 2. The first-order chi connectivity index (χ1) is 17.6. The fourth-order valence-corrected chi connectivity index (χ4v) is 4.69. The molecule has 1 aliphatic rings. The van der Waals surface area contributed by atoms with Crippen LogP contribution in [-0.4, -0.2) is 84.0 Å². The number of aliphatic carboxylic acids is 1. The fraction of sp³-hybridized carbons (Fsp3) is 0.350. The standard InChI is InChI=1S/C20H24N7O9P/c21-11(19(30)31)7-37(33,34)35-6-12-14(28)15(29)18(36-12)27-9-24-13-16(22-8-23-17(13)27)26-20(32)25-10-4-2-1-3-5-10/h1-5,8-9,11-12,14-15,18,28-29H,6-7,21H2,(H,30,31)(H,33,34)(H2,22,23,25,26,32)/p-1/t11?,12-,14?,15+,18-/m1/s1. The summed E-state index contributed by atoms with van der Waals surface area (Å²) in [7, 11) is -4.68. The molecule has 1 aliphatic heterocycles. The van der Waals surface area contributed by atoms with Gasteiger partial charge in [0, 0.05) is 11.8 Å². The lowest BCUT2D eigenvalue weighted by molar-refractivity contribution is -0.202. The summed E-state index contributed by atoms with van der Waals surface area (Å²) in [6, 6.07) is 6.41. The van der Waals surface area contributed by atoms with E-state index in [0.717, 1.165) is 6.33 Å². The zero-order chi connectivity index (χ0) is 26.7. The number of nitrogens with zero attached hydrogens (tertiary/aromatic N) is 4. The lowest BCUT2D eigenvalue weighted by Gasteiger charge is -2.26. The van der Waals surface area contributed by atoms with Gasteiger partial charge in [-0.05, 0) is 12.1 Å². The maximum absolute atomic E-state index is 12.4. The molecule has 4 rings (SSSR count). The van der Waals surface area contributed by atoms with E-state index < -0.39 is 62.9 Å². The number of anilines is 2. The van der Waals surface area contributed by atoms with E-state index in [4.69, 9.17) is 20.1 Å².